The maximum atomic E-state index is 13.4. The lowest BCUT2D eigenvalue weighted by Crippen LogP contribution is -2.25. The van der Waals surface area contributed by atoms with Crippen LogP contribution in [0.4, 0.5) is 5.69 Å². The zero-order chi connectivity index (χ0) is 25.0. The monoisotopic (exact) mass is 464 g/mol. The number of amides is 1. The lowest BCUT2D eigenvalue weighted by molar-refractivity contribution is 0.00708. The van der Waals surface area contributed by atoms with Crippen LogP contribution in [0.25, 0.3) is 22.4 Å². The SMILES string of the molecule is Cc1ccc(-c2ccccn2)cc1C(=O)Nc1cc(-c2ccccc2)ccc1C(=O)OC(C)(C)C. The second-order valence-corrected chi connectivity index (χ2v) is 9.33. The van der Waals surface area contributed by atoms with Gasteiger partial charge < -0.3 is 10.1 Å². The molecule has 5 nitrogen and oxygen atoms in total. The van der Waals surface area contributed by atoms with Crippen LogP contribution in [0.2, 0.25) is 0 Å². The number of anilines is 1. The number of carbonyl (C=O) groups excluding carboxylic acids is 2. The van der Waals surface area contributed by atoms with Crippen LogP contribution in [0.1, 0.15) is 47.1 Å². The summed E-state index contributed by atoms with van der Waals surface area (Å²) in [5, 5.41) is 2.96. The number of aryl methyl sites for hydroxylation is 1. The lowest BCUT2D eigenvalue weighted by atomic mass is 10.00. The van der Waals surface area contributed by atoms with Crippen LogP contribution in [0.3, 0.4) is 0 Å². The highest BCUT2D eigenvalue weighted by Crippen LogP contribution is 2.29. The van der Waals surface area contributed by atoms with Gasteiger partial charge in [0.25, 0.3) is 5.91 Å². The summed E-state index contributed by atoms with van der Waals surface area (Å²) in [7, 11) is 0. The molecule has 0 aliphatic heterocycles. The minimum Gasteiger partial charge on any atom is -0.456 e. The third-order valence-electron chi connectivity index (χ3n) is 5.44. The quantitative estimate of drug-likeness (QED) is 0.325. The summed E-state index contributed by atoms with van der Waals surface area (Å²) in [6.07, 6.45) is 1.72. The molecule has 1 aromatic heterocycles. The molecule has 1 amide bonds. The minimum absolute atomic E-state index is 0.298. The van der Waals surface area contributed by atoms with Crippen LogP contribution in [0.5, 0.6) is 0 Å². The first-order chi connectivity index (χ1) is 16.7. The summed E-state index contributed by atoms with van der Waals surface area (Å²) in [6, 6.07) is 26.5. The van der Waals surface area contributed by atoms with Gasteiger partial charge in [-0.3, -0.25) is 9.78 Å². The molecule has 0 radical (unpaired) electrons. The molecule has 3 aromatic carbocycles. The van der Waals surface area contributed by atoms with Crippen molar-refractivity contribution in [1.82, 2.24) is 4.98 Å². The topological polar surface area (TPSA) is 68.3 Å². The van der Waals surface area contributed by atoms with Crippen LogP contribution in [-0.4, -0.2) is 22.5 Å². The van der Waals surface area contributed by atoms with E-state index in [-0.39, 0.29) is 5.91 Å². The van der Waals surface area contributed by atoms with E-state index in [0.717, 1.165) is 27.9 Å². The molecule has 0 spiro atoms. The van der Waals surface area contributed by atoms with Gasteiger partial charge in [-0.05, 0) is 74.7 Å². The van der Waals surface area contributed by atoms with Crippen LogP contribution < -0.4 is 5.32 Å². The molecule has 5 heteroatoms. The number of ether oxygens (including phenoxy) is 1. The van der Waals surface area contributed by atoms with E-state index in [4.69, 9.17) is 4.74 Å². The molecule has 0 aliphatic rings. The van der Waals surface area contributed by atoms with Crippen molar-refractivity contribution < 1.29 is 14.3 Å². The summed E-state index contributed by atoms with van der Waals surface area (Å²) in [4.78, 5) is 30.8. The molecule has 0 saturated carbocycles. The molecule has 4 aromatic rings. The first-order valence-corrected chi connectivity index (χ1v) is 11.5. The molecule has 176 valence electrons. The maximum absolute atomic E-state index is 13.4. The van der Waals surface area contributed by atoms with Gasteiger partial charge in [0.15, 0.2) is 0 Å². The third kappa shape index (κ3) is 5.82. The van der Waals surface area contributed by atoms with Crippen molar-refractivity contribution in [2.45, 2.75) is 33.3 Å². The van der Waals surface area contributed by atoms with Crippen LogP contribution in [0.15, 0.2) is 91.1 Å². The third-order valence-corrected chi connectivity index (χ3v) is 5.44. The van der Waals surface area contributed by atoms with Gasteiger partial charge in [0.2, 0.25) is 0 Å². The number of hydrogen-bond acceptors (Lipinski definition) is 4. The summed E-state index contributed by atoms with van der Waals surface area (Å²) >= 11 is 0. The highest BCUT2D eigenvalue weighted by molar-refractivity contribution is 6.09. The van der Waals surface area contributed by atoms with E-state index in [1.54, 1.807) is 12.3 Å². The second-order valence-electron chi connectivity index (χ2n) is 9.33. The number of nitrogens with zero attached hydrogens (tertiary/aromatic N) is 1. The van der Waals surface area contributed by atoms with E-state index in [2.05, 4.69) is 10.3 Å². The Morgan fingerprint density at radius 3 is 2.17 bits per heavy atom. The molecule has 1 N–H and O–H groups in total. The predicted octanol–water partition coefficient (Wildman–Crippen LogP) is 6.93. The molecule has 0 fully saturated rings. The number of hydrogen-bond donors (Lipinski definition) is 1. The van der Waals surface area contributed by atoms with Crippen molar-refractivity contribution >= 4 is 17.6 Å². The second kappa shape index (κ2) is 9.94. The zero-order valence-corrected chi connectivity index (χ0v) is 20.3. The smallest absolute Gasteiger partial charge is 0.340 e. The molecule has 0 atom stereocenters. The van der Waals surface area contributed by atoms with Crippen molar-refractivity contribution in [1.29, 1.82) is 0 Å². The van der Waals surface area contributed by atoms with Gasteiger partial charge in [0.05, 0.1) is 16.9 Å². The number of rotatable bonds is 5. The fraction of sp³-hybridized carbons (Fsp3) is 0.167. The zero-order valence-electron chi connectivity index (χ0n) is 20.3. The summed E-state index contributed by atoms with van der Waals surface area (Å²) in [5.41, 5.74) is 4.84. The molecular formula is C30H28N2O3. The van der Waals surface area contributed by atoms with E-state index < -0.39 is 11.6 Å². The Labute approximate surface area is 205 Å². The average Bonchev–Trinajstić information content (AvgIpc) is 2.84. The first kappa shape index (κ1) is 23.9. The largest absolute Gasteiger partial charge is 0.456 e. The van der Waals surface area contributed by atoms with Gasteiger partial charge in [-0.1, -0.05) is 54.6 Å². The number of nitrogens with one attached hydrogen (secondary N) is 1. The van der Waals surface area contributed by atoms with Crippen molar-refractivity contribution in [2.75, 3.05) is 5.32 Å². The van der Waals surface area contributed by atoms with E-state index in [9.17, 15) is 9.59 Å². The Morgan fingerprint density at radius 2 is 1.49 bits per heavy atom. The van der Waals surface area contributed by atoms with Crippen molar-refractivity contribution in [2.24, 2.45) is 0 Å². The van der Waals surface area contributed by atoms with E-state index in [0.29, 0.717) is 16.8 Å². The minimum atomic E-state index is -0.663. The summed E-state index contributed by atoms with van der Waals surface area (Å²) in [5.74, 6) is -0.804. The van der Waals surface area contributed by atoms with Gasteiger partial charge >= 0.3 is 5.97 Å². The molecule has 35 heavy (non-hydrogen) atoms. The summed E-state index contributed by atoms with van der Waals surface area (Å²) in [6.45, 7) is 7.32. The fourth-order valence-corrected chi connectivity index (χ4v) is 3.72. The van der Waals surface area contributed by atoms with Crippen molar-refractivity contribution in [3.05, 3.63) is 108 Å². The standard InChI is InChI=1S/C30H28N2O3/c1-20-13-14-23(26-12-8-9-17-31-26)18-25(20)28(33)32-27-19-22(21-10-6-5-7-11-21)15-16-24(27)29(34)35-30(2,3)4/h5-19H,1-4H3,(H,32,33). The molecular weight excluding hydrogens is 436 g/mol. The number of benzene rings is 3. The van der Waals surface area contributed by atoms with Crippen molar-refractivity contribution in [3.8, 4) is 22.4 Å². The lowest BCUT2D eigenvalue weighted by Gasteiger charge is -2.21. The first-order valence-electron chi connectivity index (χ1n) is 11.5. The molecule has 0 saturated heterocycles. The van der Waals surface area contributed by atoms with Crippen molar-refractivity contribution in [3.63, 3.8) is 0 Å². The van der Waals surface area contributed by atoms with Gasteiger partial charge in [0.1, 0.15) is 5.60 Å². The van der Waals surface area contributed by atoms with Crippen LogP contribution >= 0.6 is 0 Å². The summed E-state index contributed by atoms with van der Waals surface area (Å²) < 4.78 is 5.60. The Morgan fingerprint density at radius 1 is 0.771 bits per heavy atom. The van der Waals surface area contributed by atoms with Gasteiger partial charge in [-0.25, -0.2) is 4.79 Å². The maximum Gasteiger partial charge on any atom is 0.340 e. The Balaban J connectivity index is 1.72. The molecule has 0 aliphatic carbocycles. The van der Waals surface area contributed by atoms with Crippen LogP contribution in [-0.2, 0) is 4.74 Å². The normalized spacial score (nSPS) is 11.1. The molecule has 1 heterocycles. The van der Waals surface area contributed by atoms with Crippen LogP contribution in [0, 0.1) is 6.92 Å². The molecule has 0 unspecified atom stereocenters. The highest BCUT2D eigenvalue weighted by atomic mass is 16.6. The van der Waals surface area contributed by atoms with Gasteiger partial charge in [0, 0.05) is 17.3 Å². The predicted molar refractivity (Wildman–Crippen MR) is 139 cm³/mol. The van der Waals surface area contributed by atoms with E-state index in [1.807, 2.05) is 107 Å². The molecule has 4 rings (SSSR count). The Kier molecular flexibility index (Phi) is 6.78. The molecule has 0 bridgehead atoms. The number of carbonyl (C=O) groups is 2. The van der Waals surface area contributed by atoms with Gasteiger partial charge in [-0.2, -0.15) is 0 Å². The Hall–Kier alpha value is -4.25. The number of pyridine rings is 1. The highest BCUT2D eigenvalue weighted by Gasteiger charge is 2.22. The average molecular weight is 465 g/mol. The van der Waals surface area contributed by atoms with Gasteiger partial charge in [-0.15, -0.1) is 0 Å². The number of aromatic nitrogens is 1. The number of esters is 1. The Bertz CT molecular complexity index is 1360. The van der Waals surface area contributed by atoms with E-state index >= 15 is 0 Å². The van der Waals surface area contributed by atoms with E-state index in [1.165, 1.54) is 0 Å². The fourth-order valence-electron chi connectivity index (χ4n) is 3.72.